The number of thiophene rings is 3. The van der Waals surface area contributed by atoms with Crippen molar-refractivity contribution in [2.24, 2.45) is 5.41 Å². The zero-order chi connectivity index (χ0) is 18.6. The molecule has 0 aliphatic carbocycles. The Labute approximate surface area is 243 Å². The summed E-state index contributed by atoms with van der Waals surface area (Å²) in [6, 6.07) is 8.31. The molecular weight excluding hydrogens is 871 g/mol. The van der Waals surface area contributed by atoms with Crippen molar-refractivity contribution in [3.63, 3.8) is 0 Å². The maximum atomic E-state index is 9.65. The van der Waals surface area contributed by atoms with E-state index in [9.17, 15) is 5.11 Å². The summed E-state index contributed by atoms with van der Waals surface area (Å²) in [7, 11) is 0.0833. The predicted molar refractivity (Wildman–Crippen MR) is 114 cm³/mol. The van der Waals surface area contributed by atoms with Crippen LogP contribution in [0.5, 0.6) is 11.5 Å². The number of fused-ring (bicyclic) bond motifs is 1. The maximum absolute atomic E-state index is 9.65. The molecule has 10 heteroatoms. The molecule has 1 atom stereocenters. The van der Waals surface area contributed by atoms with E-state index in [1.807, 2.05) is 19.1 Å². The SMILES string of the molecule is CC1(CO)COc2c(-c3cccs3)sc(-c3cccs3)c2OC1.CPO.[Th].[Th]. The predicted octanol–water partition coefficient (Wildman–Crippen LogP) is 5.18. The molecule has 0 saturated carbocycles. The van der Waals surface area contributed by atoms with E-state index in [4.69, 9.17) is 14.4 Å². The Morgan fingerprint density at radius 3 is 1.75 bits per heavy atom. The largest absolute Gasteiger partial charge is 0.487 e. The van der Waals surface area contributed by atoms with Crippen LogP contribution in [0, 0.1) is 85.3 Å². The molecule has 4 heterocycles. The minimum absolute atomic E-state index is 0. The van der Waals surface area contributed by atoms with Gasteiger partial charge in [0.05, 0.1) is 35.0 Å². The molecule has 1 aliphatic heterocycles. The summed E-state index contributed by atoms with van der Waals surface area (Å²) in [6.07, 6.45) is 0. The average molecular weight is 893 g/mol. The van der Waals surface area contributed by atoms with Crippen molar-refractivity contribution in [3.8, 4) is 31.0 Å². The molecule has 1 unspecified atom stereocenters. The van der Waals surface area contributed by atoms with Gasteiger partial charge in [0.2, 0.25) is 0 Å². The third-order valence-corrected chi connectivity index (χ3v) is 7.08. The number of aliphatic hydroxyl groups is 1. The standard InChI is InChI=1S/C17H16O3S3.CH5OP.2Th/c1-17(8-18)9-19-13-14(20-10-17)16(12-5-3-7-22-12)23-15(13)11-4-2-6-21-11;1-3-2;;/h2-7,18H,8-10H2,1H3;2-3H,1H3;;. The summed E-state index contributed by atoms with van der Waals surface area (Å²) in [5, 5.41) is 13.8. The van der Waals surface area contributed by atoms with Crippen LogP contribution in [0.15, 0.2) is 35.0 Å². The molecule has 3 aromatic heterocycles. The molecule has 0 fully saturated rings. The molecule has 0 amide bonds. The summed E-state index contributed by atoms with van der Waals surface area (Å²) in [6.45, 7) is 4.65. The van der Waals surface area contributed by atoms with E-state index in [0.29, 0.717) is 13.2 Å². The number of ether oxygens (including phenoxy) is 2. The van der Waals surface area contributed by atoms with Crippen LogP contribution in [0.2, 0.25) is 0 Å². The van der Waals surface area contributed by atoms with Crippen molar-refractivity contribution in [2.45, 2.75) is 6.92 Å². The zero-order valence-electron chi connectivity index (χ0n) is 15.5. The molecule has 0 spiro atoms. The van der Waals surface area contributed by atoms with Crippen LogP contribution in [0.1, 0.15) is 6.92 Å². The van der Waals surface area contributed by atoms with Gasteiger partial charge in [-0.1, -0.05) is 19.1 Å². The van der Waals surface area contributed by atoms with Gasteiger partial charge in [0.15, 0.2) is 11.5 Å². The van der Waals surface area contributed by atoms with Gasteiger partial charge in [-0.2, -0.15) is 0 Å². The van der Waals surface area contributed by atoms with Crippen molar-refractivity contribution in [2.75, 3.05) is 26.5 Å². The molecule has 28 heavy (non-hydrogen) atoms. The first-order valence-corrected chi connectivity index (χ1v) is 12.1. The third-order valence-electron chi connectivity index (χ3n) is 3.82. The molecule has 1 aliphatic rings. The molecular formula is C18H21O4PS3Th2. The Kier molecular flexibility index (Phi) is 13.2. The van der Waals surface area contributed by atoms with Crippen molar-refractivity contribution in [1.29, 1.82) is 0 Å². The Morgan fingerprint density at radius 2 is 1.43 bits per heavy atom. The summed E-state index contributed by atoms with van der Waals surface area (Å²) in [4.78, 5) is 12.2. The van der Waals surface area contributed by atoms with Crippen molar-refractivity contribution < 1.29 is 99.4 Å². The van der Waals surface area contributed by atoms with Crippen LogP contribution in [0.4, 0.5) is 0 Å². The van der Waals surface area contributed by atoms with E-state index < -0.39 is 0 Å². The van der Waals surface area contributed by atoms with Gasteiger partial charge in [-0.15, -0.1) is 34.0 Å². The molecule has 0 saturated heterocycles. The molecule has 3 aromatic rings. The van der Waals surface area contributed by atoms with Gasteiger partial charge in [-0.05, 0) is 29.6 Å². The fourth-order valence-corrected chi connectivity index (χ4v) is 5.32. The summed E-state index contributed by atoms with van der Waals surface area (Å²) < 4.78 is 12.3. The van der Waals surface area contributed by atoms with E-state index in [1.165, 1.54) is 9.75 Å². The van der Waals surface area contributed by atoms with E-state index in [0.717, 1.165) is 21.3 Å². The van der Waals surface area contributed by atoms with Crippen LogP contribution < -0.4 is 9.47 Å². The van der Waals surface area contributed by atoms with Gasteiger partial charge < -0.3 is 19.5 Å². The molecule has 0 aromatic carbocycles. The van der Waals surface area contributed by atoms with E-state index in [-0.39, 0.29) is 101 Å². The number of rotatable bonds is 3. The van der Waals surface area contributed by atoms with Gasteiger partial charge in [0.25, 0.3) is 0 Å². The molecule has 4 nitrogen and oxygen atoms in total. The van der Waals surface area contributed by atoms with Crippen LogP contribution in [-0.4, -0.2) is 36.5 Å². The van der Waals surface area contributed by atoms with Gasteiger partial charge in [-0.25, -0.2) is 0 Å². The second-order valence-corrected chi connectivity index (χ2v) is 9.51. The van der Waals surface area contributed by atoms with Crippen LogP contribution in [-0.2, 0) is 0 Å². The van der Waals surface area contributed by atoms with Crippen LogP contribution in [0.3, 0.4) is 0 Å². The van der Waals surface area contributed by atoms with Crippen molar-refractivity contribution in [1.82, 2.24) is 0 Å². The molecule has 4 rings (SSSR count). The van der Waals surface area contributed by atoms with E-state index in [1.54, 1.807) is 40.7 Å². The molecule has 0 bridgehead atoms. The molecule has 0 radical (unpaired) electrons. The number of aliphatic hydroxyl groups excluding tert-OH is 1. The van der Waals surface area contributed by atoms with Crippen LogP contribution >= 0.6 is 42.8 Å². The Morgan fingerprint density at radius 1 is 1.00 bits per heavy atom. The first-order chi connectivity index (χ1) is 12.6. The van der Waals surface area contributed by atoms with Crippen LogP contribution in [0.25, 0.3) is 19.5 Å². The normalized spacial score (nSPS) is 14.4. The van der Waals surface area contributed by atoms with Gasteiger partial charge in [0, 0.05) is 98.4 Å². The maximum Gasteiger partial charge on any atom is 0.181 e. The Hall–Kier alpha value is 1.70. The first kappa shape index (κ1) is 27.7. The Balaban J connectivity index is 0.000000739. The quantitative estimate of drug-likeness (QED) is 0.357. The zero-order valence-corrected chi connectivity index (χ0v) is 27.2. The minimum Gasteiger partial charge on any atom is -0.487 e. The van der Waals surface area contributed by atoms with Gasteiger partial charge in [0.1, 0.15) is 0 Å². The average Bonchev–Trinajstić information content (AvgIpc) is 3.37. The molecule has 148 valence electrons. The third kappa shape index (κ3) is 6.60. The van der Waals surface area contributed by atoms with Gasteiger partial charge >= 0.3 is 0 Å². The monoisotopic (exact) mass is 892 g/mol. The Bertz CT molecular complexity index is 762. The van der Waals surface area contributed by atoms with E-state index in [2.05, 4.69) is 22.9 Å². The minimum atomic E-state index is -0.379. The van der Waals surface area contributed by atoms with Gasteiger partial charge in [-0.3, -0.25) is 0 Å². The second kappa shape index (κ2) is 13.3. The van der Waals surface area contributed by atoms with Crippen molar-refractivity contribution >= 4 is 42.8 Å². The summed E-state index contributed by atoms with van der Waals surface area (Å²) >= 11 is 5.12. The summed E-state index contributed by atoms with van der Waals surface area (Å²) in [5.74, 6) is 1.64. The smallest absolute Gasteiger partial charge is 0.181 e. The molecule has 2 N–H and O–H groups in total. The summed E-state index contributed by atoms with van der Waals surface area (Å²) in [5.41, 5.74) is -0.379. The number of hydrogen-bond acceptors (Lipinski definition) is 7. The van der Waals surface area contributed by atoms with E-state index >= 15 is 0 Å². The topological polar surface area (TPSA) is 58.9 Å². The fraction of sp³-hybridized carbons (Fsp3) is 0.333. The second-order valence-electron chi connectivity index (χ2n) is 6.14. The first-order valence-electron chi connectivity index (χ1n) is 8.03. The fourth-order valence-electron chi connectivity index (χ4n) is 2.43. The number of hydrogen-bond donors (Lipinski definition) is 2. The van der Waals surface area contributed by atoms with Crippen molar-refractivity contribution in [3.05, 3.63) is 35.0 Å².